The van der Waals surface area contributed by atoms with Crippen molar-refractivity contribution in [1.82, 2.24) is 9.62 Å². The minimum atomic E-state index is -3.60. The highest BCUT2D eigenvalue weighted by molar-refractivity contribution is 7.89. The lowest BCUT2D eigenvalue weighted by atomic mass is 10.2. The monoisotopic (exact) mass is 332 g/mol. The molecule has 21 heavy (non-hydrogen) atoms. The summed E-state index contributed by atoms with van der Waals surface area (Å²) in [4.78, 5) is 14.3. The quantitative estimate of drug-likeness (QED) is 0.834. The van der Waals surface area contributed by atoms with E-state index in [2.05, 4.69) is 4.72 Å². The molecule has 0 bridgehead atoms. The molecule has 0 spiro atoms. The summed E-state index contributed by atoms with van der Waals surface area (Å²) in [5.41, 5.74) is 0.217. The van der Waals surface area contributed by atoms with E-state index in [9.17, 15) is 13.2 Å². The number of benzene rings is 1. The number of amides is 1. The van der Waals surface area contributed by atoms with E-state index in [1.807, 2.05) is 13.8 Å². The largest absolute Gasteiger partial charge is 0.339 e. The molecule has 0 aromatic heterocycles. The molecule has 1 N–H and O–H groups in total. The molecule has 0 aliphatic heterocycles. The average molecular weight is 333 g/mol. The highest BCUT2D eigenvalue weighted by Gasteiger charge is 2.20. The minimum Gasteiger partial charge on any atom is -0.339 e. The van der Waals surface area contributed by atoms with E-state index in [4.69, 9.17) is 11.6 Å². The number of sulfonamides is 1. The van der Waals surface area contributed by atoms with Gasteiger partial charge in [-0.3, -0.25) is 4.79 Å². The van der Waals surface area contributed by atoms with Crippen molar-refractivity contribution >= 4 is 27.5 Å². The van der Waals surface area contributed by atoms with Gasteiger partial charge in [0, 0.05) is 13.1 Å². The number of halogens is 1. The molecule has 0 unspecified atom stereocenters. The zero-order valence-corrected chi connectivity index (χ0v) is 14.1. The maximum Gasteiger partial charge on any atom is 0.255 e. The molecule has 7 heteroatoms. The van der Waals surface area contributed by atoms with Gasteiger partial charge in [-0.2, -0.15) is 0 Å². The summed E-state index contributed by atoms with van der Waals surface area (Å²) in [6.07, 6.45) is 1.66. The number of carbonyl (C=O) groups excluding carboxylic acids is 1. The molecule has 1 aromatic carbocycles. The van der Waals surface area contributed by atoms with E-state index in [0.29, 0.717) is 13.1 Å². The number of nitrogens with zero attached hydrogens (tertiary/aromatic N) is 1. The Morgan fingerprint density at radius 1 is 1.24 bits per heavy atom. The van der Waals surface area contributed by atoms with Crippen molar-refractivity contribution in [2.45, 2.75) is 31.6 Å². The van der Waals surface area contributed by atoms with Crippen LogP contribution in [0.4, 0.5) is 0 Å². The Bertz CT molecular complexity index is 596. The van der Waals surface area contributed by atoms with E-state index >= 15 is 0 Å². The summed E-state index contributed by atoms with van der Waals surface area (Å²) in [6, 6.07) is 4.15. The van der Waals surface area contributed by atoms with Crippen LogP contribution < -0.4 is 4.72 Å². The normalized spacial score (nSPS) is 11.4. The number of hydrogen-bond donors (Lipinski definition) is 1. The van der Waals surface area contributed by atoms with E-state index in [-0.39, 0.29) is 21.4 Å². The third kappa shape index (κ3) is 4.43. The highest BCUT2D eigenvalue weighted by Crippen LogP contribution is 2.22. The van der Waals surface area contributed by atoms with Crippen LogP contribution in [0.5, 0.6) is 0 Å². The van der Waals surface area contributed by atoms with Gasteiger partial charge in [0.25, 0.3) is 5.91 Å². The van der Waals surface area contributed by atoms with Crippen LogP contribution in [0, 0.1) is 0 Å². The van der Waals surface area contributed by atoms with Crippen molar-refractivity contribution in [2.75, 3.05) is 20.1 Å². The second-order valence-electron chi connectivity index (χ2n) is 4.64. The lowest BCUT2D eigenvalue weighted by Gasteiger charge is -2.22. The number of nitrogens with one attached hydrogen (secondary N) is 1. The molecule has 0 aliphatic carbocycles. The molecular weight excluding hydrogens is 312 g/mol. The van der Waals surface area contributed by atoms with Gasteiger partial charge in [-0.1, -0.05) is 25.4 Å². The van der Waals surface area contributed by atoms with E-state index in [1.165, 1.54) is 25.2 Å². The van der Waals surface area contributed by atoms with E-state index < -0.39 is 10.0 Å². The lowest BCUT2D eigenvalue weighted by Crippen LogP contribution is -2.33. The van der Waals surface area contributed by atoms with Gasteiger partial charge >= 0.3 is 0 Å². The van der Waals surface area contributed by atoms with Gasteiger partial charge < -0.3 is 4.90 Å². The fourth-order valence-electron chi connectivity index (χ4n) is 1.98. The van der Waals surface area contributed by atoms with Crippen LogP contribution in [0.3, 0.4) is 0 Å². The SMILES string of the molecule is CCCN(CCC)C(=O)c1cc(S(=O)(=O)NC)ccc1Cl. The molecule has 0 aliphatic rings. The van der Waals surface area contributed by atoms with Crippen LogP contribution in [0.15, 0.2) is 23.1 Å². The van der Waals surface area contributed by atoms with Gasteiger partial charge in [0.15, 0.2) is 0 Å². The lowest BCUT2D eigenvalue weighted by molar-refractivity contribution is 0.0755. The average Bonchev–Trinajstić information content (AvgIpc) is 2.46. The van der Waals surface area contributed by atoms with Crippen molar-refractivity contribution in [1.29, 1.82) is 0 Å². The predicted octanol–water partition coefficient (Wildman–Crippen LogP) is 2.51. The van der Waals surface area contributed by atoms with Crippen molar-refractivity contribution in [3.63, 3.8) is 0 Å². The van der Waals surface area contributed by atoms with Crippen LogP contribution in [0.1, 0.15) is 37.0 Å². The molecule has 5 nitrogen and oxygen atoms in total. The van der Waals surface area contributed by atoms with Crippen LogP contribution >= 0.6 is 11.6 Å². The zero-order chi connectivity index (χ0) is 16.0. The third-order valence-corrected chi connectivity index (χ3v) is 4.76. The Morgan fingerprint density at radius 3 is 2.29 bits per heavy atom. The van der Waals surface area contributed by atoms with Crippen LogP contribution in [-0.2, 0) is 10.0 Å². The van der Waals surface area contributed by atoms with E-state index in [0.717, 1.165) is 12.8 Å². The molecule has 1 rings (SSSR count). The first kappa shape index (κ1) is 17.9. The molecular formula is C14H21ClN2O3S. The van der Waals surface area contributed by atoms with Crippen LogP contribution in [-0.4, -0.2) is 39.4 Å². The summed E-state index contributed by atoms with van der Waals surface area (Å²) in [5, 5.41) is 0.257. The smallest absolute Gasteiger partial charge is 0.255 e. The van der Waals surface area contributed by atoms with Gasteiger partial charge in [-0.25, -0.2) is 13.1 Å². The Morgan fingerprint density at radius 2 is 1.81 bits per heavy atom. The summed E-state index contributed by atoms with van der Waals surface area (Å²) in [5.74, 6) is -0.239. The molecule has 118 valence electrons. The van der Waals surface area contributed by atoms with Gasteiger partial charge in [0.1, 0.15) is 0 Å². The summed E-state index contributed by atoms with van der Waals surface area (Å²) in [7, 11) is -2.28. The Labute approximate surface area is 131 Å². The summed E-state index contributed by atoms with van der Waals surface area (Å²) >= 11 is 6.07. The van der Waals surface area contributed by atoms with Crippen molar-refractivity contribution in [2.24, 2.45) is 0 Å². The molecule has 0 atom stereocenters. The maximum absolute atomic E-state index is 12.5. The zero-order valence-electron chi connectivity index (χ0n) is 12.5. The highest BCUT2D eigenvalue weighted by atomic mass is 35.5. The Balaban J connectivity index is 3.22. The van der Waals surface area contributed by atoms with Gasteiger partial charge in [0.2, 0.25) is 10.0 Å². The van der Waals surface area contributed by atoms with Crippen LogP contribution in [0.25, 0.3) is 0 Å². The first-order chi connectivity index (χ1) is 9.87. The summed E-state index contributed by atoms with van der Waals surface area (Å²) < 4.78 is 25.9. The predicted molar refractivity (Wildman–Crippen MR) is 84.2 cm³/mol. The second kappa shape index (κ2) is 7.77. The fraction of sp³-hybridized carbons (Fsp3) is 0.500. The third-order valence-electron chi connectivity index (χ3n) is 3.02. The van der Waals surface area contributed by atoms with Gasteiger partial charge in [-0.15, -0.1) is 0 Å². The Hall–Kier alpha value is -1.11. The molecule has 0 heterocycles. The minimum absolute atomic E-state index is 0.0331. The molecule has 0 saturated carbocycles. The van der Waals surface area contributed by atoms with Gasteiger partial charge in [-0.05, 0) is 38.1 Å². The number of rotatable bonds is 7. The topological polar surface area (TPSA) is 66.5 Å². The fourth-order valence-corrected chi connectivity index (χ4v) is 2.93. The van der Waals surface area contributed by atoms with Crippen LogP contribution in [0.2, 0.25) is 5.02 Å². The molecule has 0 saturated heterocycles. The molecule has 0 radical (unpaired) electrons. The second-order valence-corrected chi connectivity index (χ2v) is 6.94. The van der Waals surface area contributed by atoms with Crippen molar-refractivity contribution in [3.8, 4) is 0 Å². The van der Waals surface area contributed by atoms with Gasteiger partial charge in [0.05, 0.1) is 15.5 Å². The maximum atomic E-state index is 12.5. The summed E-state index contributed by atoms with van der Waals surface area (Å²) in [6.45, 7) is 5.21. The number of carbonyl (C=O) groups is 1. The van der Waals surface area contributed by atoms with Crippen molar-refractivity contribution in [3.05, 3.63) is 28.8 Å². The van der Waals surface area contributed by atoms with E-state index in [1.54, 1.807) is 4.90 Å². The molecule has 1 amide bonds. The Kier molecular flexibility index (Phi) is 6.64. The molecule has 1 aromatic rings. The number of hydrogen-bond acceptors (Lipinski definition) is 3. The first-order valence-electron chi connectivity index (χ1n) is 6.89. The standard InChI is InChI=1S/C14H21ClN2O3S/c1-4-8-17(9-5-2)14(18)12-10-11(6-7-13(12)15)21(19,20)16-3/h6-7,10,16H,4-5,8-9H2,1-3H3. The van der Waals surface area contributed by atoms with Crippen molar-refractivity contribution < 1.29 is 13.2 Å². The first-order valence-corrected chi connectivity index (χ1v) is 8.75. The molecule has 0 fully saturated rings.